The Bertz CT molecular complexity index is 1120. The summed E-state index contributed by atoms with van der Waals surface area (Å²) in [6, 6.07) is 13.9. The molecule has 1 amide bonds. The zero-order valence-corrected chi connectivity index (χ0v) is 18.3. The molecule has 0 aliphatic rings. The summed E-state index contributed by atoms with van der Waals surface area (Å²) in [5.74, 6) is -0.170. The Hall–Kier alpha value is -1.89. The van der Waals surface area contributed by atoms with Gasteiger partial charge in [-0.1, -0.05) is 46.3 Å². The molecule has 0 aliphatic carbocycles. The van der Waals surface area contributed by atoms with Crippen LogP contribution in [0.2, 0.25) is 10.0 Å². The van der Waals surface area contributed by atoms with Gasteiger partial charge in [-0.25, -0.2) is 4.68 Å². The molecule has 1 N–H and O–H groups in total. The van der Waals surface area contributed by atoms with E-state index in [-0.39, 0.29) is 5.91 Å². The fraction of sp³-hybridized carbons (Fsp3) is 0.111. The van der Waals surface area contributed by atoms with Crippen molar-refractivity contribution in [1.29, 1.82) is 5.26 Å². The maximum atomic E-state index is 12.4. The molecule has 3 rings (SSSR count). The third-order valence-corrected chi connectivity index (χ3v) is 6.76. The second-order valence-corrected chi connectivity index (χ2v) is 9.61. The number of nitriles is 1. The van der Waals surface area contributed by atoms with E-state index < -0.39 is 5.25 Å². The first kappa shape index (κ1) is 20.8. The lowest BCUT2D eigenvalue weighted by atomic mass is 10.2. The molecule has 0 saturated heterocycles. The number of nitrogens with zero attached hydrogens (tertiary/aromatic N) is 3. The van der Waals surface area contributed by atoms with Gasteiger partial charge in [-0.3, -0.25) is 4.79 Å². The van der Waals surface area contributed by atoms with E-state index in [1.165, 1.54) is 23.1 Å². The lowest BCUT2D eigenvalue weighted by Gasteiger charge is -2.10. The predicted octanol–water partition coefficient (Wildman–Crippen LogP) is 5.96. The van der Waals surface area contributed by atoms with Crippen molar-refractivity contribution >= 4 is 70.1 Å². The summed E-state index contributed by atoms with van der Waals surface area (Å²) < 4.78 is 2.80. The fourth-order valence-electron chi connectivity index (χ4n) is 2.17. The van der Waals surface area contributed by atoms with E-state index in [0.29, 0.717) is 35.3 Å². The average Bonchev–Trinajstić information content (AvgIpc) is 3.04. The highest BCUT2D eigenvalue weighted by atomic mass is 35.5. The van der Waals surface area contributed by atoms with E-state index in [0.717, 1.165) is 0 Å². The van der Waals surface area contributed by atoms with Gasteiger partial charge in [-0.2, -0.15) is 5.26 Å². The molecule has 1 heterocycles. The number of nitrogens with one attached hydrogen (secondary N) is 1. The summed E-state index contributed by atoms with van der Waals surface area (Å²) in [5.41, 5.74) is 1.87. The van der Waals surface area contributed by atoms with Crippen LogP contribution in [0, 0.1) is 15.3 Å². The molecule has 10 heteroatoms. The maximum Gasteiger partial charge on any atom is 0.237 e. The molecule has 5 nitrogen and oxygen atoms in total. The number of amides is 1. The first-order valence-electron chi connectivity index (χ1n) is 7.90. The van der Waals surface area contributed by atoms with E-state index in [1.807, 2.05) is 6.07 Å². The van der Waals surface area contributed by atoms with Gasteiger partial charge in [-0.05, 0) is 61.6 Å². The quantitative estimate of drug-likeness (QED) is 0.370. The summed E-state index contributed by atoms with van der Waals surface area (Å²) in [5, 5.41) is 16.6. The van der Waals surface area contributed by atoms with Crippen LogP contribution in [-0.2, 0) is 4.79 Å². The van der Waals surface area contributed by atoms with E-state index in [2.05, 4.69) is 10.4 Å². The highest BCUT2D eigenvalue weighted by Gasteiger charge is 2.18. The molecule has 0 aliphatic heterocycles. The van der Waals surface area contributed by atoms with E-state index in [1.54, 1.807) is 54.1 Å². The van der Waals surface area contributed by atoms with Crippen molar-refractivity contribution in [2.24, 2.45) is 0 Å². The van der Waals surface area contributed by atoms with Crippen molar-refractivity contribution < 1.29 is 4.79 Å². The van der Waals surface area contributed by atoms with Crippen LogP contribution in [-0.4, -0.2) is 20.9 Å². The molecule has 142 valence electrons. The zero-order chi connectivity index (χ0) is 20.3. The molecular weight excluding hydrogens is 455 g/mol. The molecule has 0 saturated carbocycles. The molecule has 3 aromatic rings. The Balaban J connectivity index is 1.70. The predicted molar refractivity (Wildman–Crippen MR) is 117 cm³/mol. The monoisotopic (exact) mass is 466 g/mol. The molecule has 28 heavy (non-hydrogen) atoms. The molecule has 2 aromatic carbocycles. The minimum atomic E-state index is -0.390. The topological polar surface area (TPSA) is 70.7 Å². The van der Waals surface area contributed by atoms with Crippen LogP contribution in [0.4, 0.5) is 5.69 Å². The van der Waals surface area contributed by atoms with Gasteiger partial charge in [0.05, 0.1) is 32.6 Å². The van der Waals surface area contributed by atoms with Crippen molar-refractivity contribution in [3.63, 3.8) is 0 Å². The SMILES string of the molecule is CC(Sc1nn(-c2ccc(Cl)c(Cl)c2)c(=S)s1)C(=O)Nc1ccc(C#N)cc1. The molecule has 0 spiro atoms. The lowest BCUT2D eigenvalue weighted by molar-refractivity contribution is -0.115. The number of rotatable bonds is 5. The normalized spacial score (nSPS) is 11.6. The first-order valence-corrected chi connectivity index (χ1v) is 10.8. The summed E-state index contributed by atoms with van der Waals surface area (Å²) in [6.07, 6.45) is 0. The first-order chi connectivity index (χ1) is 13.4. The number of carbonyl (C=O) groups is 1. The minimum absolute atomic E-state index is 0.170. The smallest absolute Gasteiger partial charge is 0.237 e. The van der Waals surface area contributed by atoms with Crippen LogP contribution >= 0.6 is 58.5 Å². The number of hydrogen-bond acceptors (Lipinski definition) is 6. The lowest BCUT2D eigenvalue weighted by Crippen LogP contribution is -2.22. The van der Waals surface area contributed by atoms with Gasteiger partial charge in [0.2, 0.25) is 5.91 Å². The number of halogens is 2. The third kappa shape index (κ3) is 4.93. The second kappa shape index (κ2) is 9.07. The number of aromatic nitrogens is 2. The second-order valence-electron chi connectivity index (χ2n) is 5.58. The summed E-state index contributed by atoms with van der Waals surface area (Å²) in [7, 11) is 0. The van der Waals surface area contributed by atoms with Crippen LogP contribution in [0.25, 0.3) is 5.69 Å². The van der Waals surface area contributed by atoms with Crippen LogP contribution in [0.3, 0.4) is 0 Å². The highest BCUT2D eigenvalue weighted by molar-refractivity contribution is 8.02. The van der Waals surface area contributed by atoms with E-state index in [9.17, 15) is 4.79 Å². The van der Waals surface area contributed by atoms with E-state index >= 15 is 0 Å². The van der Waals surface area contributed by atoms with Crippen LogP contribution in [0.15, 0.2) is 46.8 Å². The van der Waals surface area contributed by atoms with Gasteiger partial charge < -0.3 is 5.32 Å². The van der Waals surface area contributed by atoms with Crippen LogP contribution in [0.5, 0.6) is 0 Å². The summed E-state index contributed by atoms with van der Waals surface area (Å²) in [4.78, 5) is 12.4. The van der Waals surface area contributed by atoms with Crippen LogP contribution in [0.1, 0.15) is 12.5 Å². The maximum absolute atomic E-state index is 12.4. The van der Waals surface area contributed by atoms with Gasteiger partial charge in [0.1, 0.15) is 0 Å². The molecule has 1 unspecified atom stereocenters. The number of benzene rings is 2. The van der Waals surface area contributed by atoms with Gasteiger partial charge in [0.25, 0.3) is 0 Å². The van der Waals surface area contributed by atoms with Crippen molar-refractivity contribution in [3.05, 3.63) is 62.0 Å². The molecular formula is C18H12Cl2N4OS3. The van der Waals surface area contributed by atoms with Crippen LogP contribution < -0.4 is 5.32 Å². The number of carbonyl (C=O) groups excluding carboxylic acids is 1. The number of hydrogen-bond donors (Lipinski definition) is 1. The molecule has 0 bridgehead atoms. The molecule has 0 fully saturated rings. The minimum Gasteiger partial charge on any atom is -0.325 e. The Morgan fingerprint density at radius 2 is 2.00 bits per heavy atom. The molecule has 1 atom stereocenters. The Morgan fingerprint density at radius 3 is 2.64 bits per heavy atom. The largest absolute Gasteiger partial charge is 0.325 e. The number of anilines is 1. The average molecular weight is 467 g/mol. The van der Waals surface area contributed by atoms with Gasteiger partial charge >= 0.3 is 0 Å². The Morgan fingerprint density at radius 1 is 1.29 bits per heavy atom. The summed E-state index contributed by atoms with van der Waals surface area (Å²) >= 11 is 20.0. The molecule has 0 radical (unpaired) electrons. The fourth-order valence-corrected chi connectivity index (χ4v) is 4.96. The van der Waals surface area contributed by atoms with Gasteiger partial charge in [0.15, 0.2) is 8.29 Å². The molecule has 1 aromatic heterocycles. The van der Waals surface area contributed by atoms with Gasteiger partial charge in [0, 0.05) is 5.69 Å². The highest BCUT2D eigenvalue weighted by Crippen LogP contribution is 2.30. The van der Waals surface area contributed by atoms with Crippen molar-refractivity contribution in [2.45, 2.75) is 16.5 Å². The third-order valence-electron chi connectivity index (χ3n) is 3.61. The van der Waals surface area contributed by atoms with E-state index in [4.69, 9.17) is 40.7 Å². The zero-order valence-electron chi connectivity index (χ0n) is 14.3. The standard InChI is InChI=1S/C18H12Cl2N4OS3/c1-10(16(25)22-12-4-2-11(9-21)3-5-12)27-17-23-24(18(26)28-17)13-6-7-14(19)15(20)8-13/h2-8,10H,1H3,(H,22,25). The van der Waals surface area contributed by atoms with Gasteiger partial charge in [-0.15, -0.1) is 5.10 Å². The van der Waals surface area contributed by atoms with Crippen molar-refractivity contribution in [2.75, 3.05) is 5.32 Å². The Labute approximate surface area is 184 Å². The Kier molecular flexibility index (Phi) is 6.75. The van der Waals surface area contributed by atoms with Crippen molar-refractivity contribution in [1.82, 2.24) is 9.78 Å². The summed E-state index contributed by atoms with van der Waals surface area (Å²) in [6.45, 7) is 1.79. The number of thioether (sulfide) groups is 1. The van der Waals surface area contributed by atoms with Crippen molar-refractivity contribution in [3.8, 4) is 11.8 Å².